The maximum absolute atomic E-state index is 12.0. The number of carbonyl (C=O) groups is 1. The summed E-state index contributed by atoms with van der Waals surface area (Å²) in [6.45, 7) is 4.01. The minimum absolute atomic E-state index is 0.117. The van der Waals surface area contributed by atoms with E-state index in [-0.39, 0.29) is 17.4 Å². The molecule has 1 aliphatic rings. The van der Waals surface area contributed by atoms with Gasteiger partial charge >= 0.3 is 0 Å². The molecule has 0 spiro atoms. The van der Waals surface area contributed by atoms with Crippen LogP contribution in [0.5, 0.6) is 11.5 Å². The molecule has 1 aromatic heterocycles. The average molecular weight is 594 g/mol. The van der Waals surface area contributed by atoms with Crippen LogP contribution in [-0.2, 0) is 15.9 Å². The van der Waals surface area contributed by atoms with Crippen molar-refractivity contribution in [2.45, 2.75) is 38.5 Å². The van der Waals surface area contributed by atoms with Gasteiger partial charge in [0.2, 0.25) is 17.8 Å². The predicted molar refractivity (Wildman–Crippen MR) is 166 cm³/mol. The van der Waals surface area contributed by atoms with Gasteiger partial charge in [-0.15, -0.1) is 0 Å². The number of hydrogen-bond acceptors (Lipinski definition) is 11. The second-order valence-electron chi connectivity index (χ2n) is 10.5. The van der Waals surface area contributed by atoms with Gasteiger partial charge in [-0.05, 0) is 55.0 Å². The first-order chi connectivity index (χ1) is 21.1. The molecule has 12 heteroatoms. The van der Waals surface area contributed by atoms with E-state index >= 15 is 0 Å². The highest BCUT2D eigenvalue weighted by Crippen LogP contribution is 2.25. The summed E-state index contributed by atoms with van der Waals surface area (Å²) in [5, 5.41) is 31.9. The van der Waals surface area contributed by atoms with E-state index in [2.05, 4.69) is 36.2 Å². The molecular weight excluding hydrogens is 550 g/mol. The number of amides is 1. The Bertz CT molecular complexity index is 1260. The van der Waals surface area contributed by atoms with Gasteiger partial charge in [-0.2, -0.15) is 15.0 Å². The Balaban J connectivity index is 1.16. The third-order valence-electron chi connectivity index (χ3n) is 7.12. The Hall–Kier alpha value is -4.16. The van der Waals surface area contributed by atoms with Crippen LogP contribution in [-0.4, -0.2) is 83.7 Å². The fraction of sp³-hybridized carbons (Fsp3) is 0.484. The number of benzene rings is 2. The molecule has 0 aliphatic heterocycles. The van der Waals surface area contributed by atoms with Gasteiger partial charge in [-0.1, -0.05) is 43.5 Å². The number of carbonyl (C=O) groups excluding carboxylic acids is 1. The van der Waals surface area contributed by atoms with E-state index < -0.39 is 0 Å². The molecule has 0 radical (unpaired) electrons. The van der Waals surface area contributed by atoms with E-state index in [1.807, 2.05) is 18.2 Å². The molecule has 0 atom stereocenters. The van der Waals surface area contributed by atoms with E-state index in [4.69, 9.17) is 9.47 Å². The van der Waals surface area contributed by atoms with Crippen molar-refractivity contribution in [3.05, 3.63) is 59.7 Å². The summed E-state index contributed by atoms with van der Waals surface area (Å²) in [6.07, 6.45) is 6.90. The van der Waals surface area contributed by atoms with Gasteiger partial charge in [0.25, 0.3) is 5.91 Å². The second kappa shape index (κ2) is 17.7. The van der Waals surface area contributed by atoms with Crippen molar-refractivity contribution in [2.24, 2.45) is 5.92 Å². The molecule has 232 valence electrons. The summed E-state index contributed by atoms with van der Waals surface area (Å²) >= 11 is 0. The molecule has 1 amide bonds. The standard InChI is InChI=1S/C31H43N7O5/c39-26-12-11-23(21-27(26)40)13-14-33-29-36-30(38-31(37-29)35-22-24-7-3-1-4-8-24)34-16-18-43-20-19-42-17-15-32-28(41)25-9-5-2-6-10-25/h2,5-6,9-12,21,24,39-40H,1,3-4,7-8,13-20,22H2,(H,32,41)(H3,33,34,35,36,37,38). The Morgan fingerprint density at radius 3 is 2.09 bits per heavy atom. The summed E-state index contributed by atoms with van der Waals surface area (Å²) in [7, 11) is 0. The third-order valence-corrected chi connectivity index (χ3v) is 7.12. The number of phenols is 2. The number of rotatable bonds is 18. The molecule has 1 saturated carbocycles. The number of nitrogens with one attached hydrogen (secondary N) is 4. The van der Waals surface area contributed by atoms with Gasteiger partial charge in [-0.3, -0.25) is 4.79 Å². The van der Waals surface area contributed by atoms with Crippen molar-refractivity contribution in [2.75, 3.05) is 68.6 Å². The molecule has 3 aromatic rings. The van der Waals surface area contributed by atoms with Crippen molar-refractivity contribution in [3.8, 4) is 11.5 Å². The molecular formula is C31H43N7O5. The summed E-state index contributed by atoms with van der Waals surface area (Å²) in [5.74, 6) is 1.63. The van der Waals surface area contributed by atoms with E-state index in [0.29, 0.717) is 81.8 Å². The van der Waals surface area contributed by atoms with E-state index in [1.165, 1.54) is 38.2 Å². The SMILES string of the molecule is O=C(NCCOCCOCCNc1nc(NCCc2ccc(O)c(O)c2)nc(NCC2CCCCC2)n1)c1ccccc1. The maximum atomic E-state index is 12.0. The third kappa shape index (κ3) is 11.6. The lowest BCUT2D eigenvalue weighted by Crippen LogP contribution is -2.27. The molecule has 1 aliphatic carbocycles. The summed E-state index contributed by atoms with van der Waals surface area (Å²) in [4.78, 5) is 25.6. The number of anilines is 3. The van der Waals surface area contributed by atoms with Crippen LogP contribution in [0.3, 0.4) is 0 Å². The van der Waals surface area contributed by atoms with E-state index in [0.717, 1.165) is 12.1 Å². The van der Waals surface area contributed by atoms with Crippen molar-refractivity contribution in [3.63, 3.8) is 0 Å². The Morgan fingerprint density at radius 1 is 0.744 bits per heavy atom. The van der Waals surface area contributed by atoms with Crippen LogP contribution in [0.4, 0.5) is 17.8 Å². The minimum atomic E-state index is -0.139. The van der Waals surface area contributed by atoms with Crippen molar-refractivity contribution in [1.82, 2.24) is 20.3 Å². The topological polar surface area (TPSA) is 163 Å². The number of nitrogens with zero attached hydrogens (tertiary/aromatic N) is 3. The molecule has 43 heavy (non-hydrogen) atoms. The highest BCUT2D eigenvalue weighted by atomic mass is 16.5. The van der Waals surface area contributed by atoms with Gasteiger partial charge in [0.05, 0.1) is 26.4 Å². The number of aromatic hydroxyl groups is 2. The fourth-order valence-corrected chi connectivity index (χ4v) is 4.77. The molecule has 1 fully saturated rings. The second-order valence-corrected chi connectivity index (χ2v) is 10.5. The zero-order valence-electron chi connectivity index (χ0n) is 24.6. The molecule has 1 heterocycles. The lowest BCUT2D eigenvalue weighted by Gasteiger charge is -2.21. The normalized spacial score (nSPS) is 13.4. The number of aromatic nitrogens is 3. The molecule has 4 rings (SSSR count). The largest absolute Gasteiger partial charge is 0.504 e. The fourth-order valence-electron chi connectivity index (χ4n) is 4.77. The Kier molecular flexibility index (Phi) is 13.1. The lowest BCUT2D eigenvalue weighted by molar-refractivity contribution is 0.0519. The first-order valence-corrected chi connectivity index (χ1v) is 15.0. The van der Waals surface area contributed by atoms with E-state index in [1.54, 1.807) is 24.3 Å². The average Bonchev–Trinajstić information content (AvgIpc) is 3.03. The number of ether oxygens (including phenoxy) is 2. The van der Waals surface area contributed by atoms with Crippen molar-refractivity contribution < 1.29 is 24.5 Å². The molecule has 12 nitrogen and oxygen atoms in total. The number of hydrogen-bond donors (Lipinski definition) is 6. The van der Waals surface area contributed by atoms with Crippen LogP contribution < -0.4 is 21.3 Å². The van der Waals surface area contributed by atoms with E-state index in [9.17, 15) is 15.0 Å². The summed E-state index contributed by atoms with van der Waals surface area (Å²) in [6, 6.07) is 13.9. The zero-order chi connectivity index (χ0) is 30.1. The summed E-state index contributed by atoms with van der Waals surface area (Å²) < 4.78 is 11.2. The van der Waals surface area contributed by atoms with Gasteiger partial charge in [-0.25, -0.2) is 0 Å². The van der Waals surface area contributed by atoms with Crippen molar-refractivity contribution >= 4 is 23.8 Å². The Morgan fingerprint density at radius 2 is 1.40 bits per heavy atom. The smallest absolute Gasteiger partial charge is 0.251 e. The highest BCUT2D eigenvalue weighted by molar-refractivity contribution is 5.94. The van der Waals surface area contributed by atoms with Crippen LogP contribution in [0.15, 0.2) is 48.5 Å². The maximum Gasteiger partial charge on any atom is 0.251 e. The number of phenolic OH excluding ortho intramolecular Hbond substituents is 2. The van der Waals surface area contributed by atoms with Gasteiger partial charge in [0, 0.05) is 31.7 Å². The highest BCUT2D eigenvalue weighted by Gasteiger charge is 2.14. The lowest BCUT2D eigenvalue weighted by atomic mass is 9.89. The summed E-state index contributed by atoms with van der Waals surface area (Å²) in [5.41, 5.74) is 1.51. The minimum Gasteiger partial charge on any atom is -0.504 e. The van der Waals surface area contributed by atoms with Crippen LogP contribution in [0.2, 0.25) is 0 Å². The van der Waals surface area contributed by atoms with Gasteiger partial charge in [0.15, 0.2) is 11.5 Å². The van der Waals surface area contributed by atoms with Crippen LogP contribution in [0.1, 0.15) is 48.0 Å². The zero-order valence-corrected chi connectivity index (χ0v) is 24.6. The first-order valence-electron chi connectivity index (χ1n) is 15.0. The monoisotopic (exact) mass is 593 g/mol. The van der Waals surface area contributed by atoms with Crippen molar-refractivity contribution in [1.29, 1.82) is 0 Å². The molecule has 0 unspecified atom stereocenters. The van der Waals surface area contributed by atoms with Crippen LogP contribution >= 0.6 is 0 Å². The van der Waals surface area contributed by atoms with Gasteiger partial charge < -0.3 is 41.0 Å². The van der Waals surface area contributed by atoms with Crippen LogP contribution in [0.25, 0.3) is 0 Å². The Labute approximate surface area is 252 Å². The predicted octanol–water partition coefficient (Wildman–Crippen LogP) is 3.80. The van der Waals surface area contributed by atoms with Gasteiger partial charge in [0.1, 0.15) is 0 Å². The molecule has 0 bridgehead atoms. The molecule has 6 N–H and O–H groups in total. The molecule has 2 aromatic carbocycles. The molecule has 0 saturated heterocycles. The first kappa shape index (κ1) is 31.8. The van der Waals surface area contributed by atoms with Crippen LogP contribution in [0, 0.1) is 5.92 Å². The quantitative estimate of drug-likeness (QED) is 0.0939.